The van der Waals surface area contributed by atoms with Gasteiger partial charge in [-0.1, -0.05) is 65.7 Å². The van der Waals surface area contributed by atoms with Gasteiger partial charge in [0.25, 0.3) is 5.24 Å². The molecule has 2 aromatic carbocycles. The van der Waals surface area contributed by atoms with Gasteiger partial charge in [0.05, 0.1) is 0 Å². The van der Waals surface area contributed by atoms with Crippen molar-refractivity contribution in [3.05, 3.63) is 65.7 Å². The second-order valence-electron chi connectivity index (χ2n) is 4.77. The summed E-state index contributed by atoms with van der Waals surface area (Å²) in [7, 11) is 0. The highest BCUT2D eigenvalue weighted by molar-refractivity contribution is 6.64. The van der Waals surface area contributed by atoms with Gasteiger partial charge in [0, 0.05) is 5.56 Å². The molecule has 0 radical (unpaired) electrons. The smallest absolute Gasteiger partial charge is 0.340 e. The van der Waals surface area contributed by atoms with Gasteiger partial charge in [-0.3, -0.25) is 4.79 Å². The fraction of sp³-hybridized carbons (Fsp3) is 0.176. The molecule has 0 fully saturated rings. The van der Waals surface area contributed by atoms with Gasteiger partial charge in [-0.15, -0.1) is 0 Å². The summed E-state index contributed by atoms with van der Waals surface area (Å²) in [5.41, 5.74) is 1.36. The maximum atomic E-state index is 11.6. The van der Waals surface area contributed by atoms with Gasteiger partial charge in [0.1, 0.15) is 12.4 Å². The number of benzene rings is 2. The number of esters is 1. The maximum Gasteiger partial charge on any atom is 0.340 e. The largest absolute Gasteiger partial charge is 0.489 e. The third-order valence-electron chi connectivity index (χ3n) is 3.03. The molecule has 1 atom stereocenters. The van der Waals surface area contributed by atoms with Crippen LogP contribution in [0.2, 0.25) is 0 Å². The highest BCUT2D eigenvalue weighted by Crippen LogP contribution is 2.26. The number of ether oxygens (including phenoxy) is 2. The summed E-state index contributed by atoms with van der Waals surface area (Å²) < 4.78 is 10.6. The number of carbonyl (C=O) groups excluding carboxylic acids is 2. The molecule has 0 aliphatic rings. The van der Waals surface area contributed by atoms with Crippen LogP contribution in [0, 0.1) is 0 Å². The lowest BCUT2D eigenvalue weighted by atomic mass is 10.1. The van der Waals surface area contributed by atoms with Crippen LogP contribution in [-0.2, 0) is 20.9 Å². The molecule has 7 heteroatoms. The zero-order valence-electron chi connectivity index (χ0n) is 12.3. The fourth-order valence-corrected chi connectivity index (χ4v) is 2.19. The molecule has 126 valence electrons. The topological polar surface area (TPSA) is 52.6 Å². The zero-order chi connectivity index (χ0) is 17.5. The Balaban J connectivity index is 2.11. The van der Waals surface area contributed by atoms with Crippen molar-refractivity contribution in [3.63, 3.8) is 0 Å². The third-order valence-corrected chi connectivity index (χ3v) is 3.58. The van der Waals surface area contributed by atoms with Crippen LogP contribution in [0.3, 0.4) is 0 Å². The summed E-state index contributed by atoms with van der Waals surface area (Å²) in [6, 6.07) is 16.1. The molecular formula is C17H13Cl3O4. The van der Waals surface area contributed by atoms with Gasteiger partial charge in [-0.2, -0.15) is 0 Å². The van der Waals surface area contributed by atoms with E-state index in [0.717, 1.165) is 5.56 Å². The van der Waals surface area contributed by atoms with E-state index in [1.165, 1.54) is 0 Å². The Kier molecular flexibility index (Phi) is 6.91. The lowest BCUT2D eigenvalue weighted by molar-refractivity contribution is -0.151. The summed E-state index contributed by atoms with van der Waals surface area (Å²) >= 11 is 16.4. The Labute approximate surface area is 154 Å². The van der Waals surface area contributed by atoms with E-state index < -0.39 is 22.2 Å². The molecule has 0 bridgehead atoms. The van der Waals surface area contributed by atoms with Crippen LogP contribution in [0.15, 0.2) is 54.6 Å². The number of carbonyl (C=O) groups is 2. The van der Waals surface area contributed by atoms with E-state index in [4.69, 9.17) is 44.3 Å². The van der Waals surface area contributed by atoms with E-state index in [-0.39, 0.29) is 0 Å². The predicted molar refractivity (Wildman–Crippen MR) is 92.4 cm³/mol. The van der Waals surface area contributed by atoms with E-state index in [0.29, 0.717) is 17.9 Å². The minimum absolute atomic E-state index is 0.356. The summed E-state index contributed by atoms with van der Waals surface area (Å²) in [5, 5.41) is -0.863. The van der Waals surface area contributed by atoms with E-state index in [1.807, 2.05) is 30.3 Å². The first-order valence-corrected chi connectivity index (χ1v) is 8.17. The van der Waals surface area contributed by atoms with Crippen molar-refractivity contribution in [1.82, 2.24) is 0 Å². The number of rotatable bonds is 7. The van der Waals surface area contributed by atoms with Crippen LogP contribution in [-0.4, -0.2) is 16.0 Å². The van der Waals surface area contributed by atoms with Crippen LogP contribution < -0.4 is 4.74 Å². The molecular weight excluding hydrogens is 375 g/mol. The summed E-state index contributed by atoms with van der Waals surface area (Å²) in [6.45, 7) is 0.356. The average Bonchev–Trinajstić information content (AvgIpc) is 2.58. The molecule has 0 aliphatic heterocycles. The van der Waals surface area contributed by atoms with Gasteiger partial charge in [-0.25, -0.2) is 4.79 Å². The van der Waals surface area contributed by atoms with Crippen molar-refractivity contribution in [3.8, 4) is 5.75 Å². The van der Waals surface area contributed by atoms with Crippen LogP contribution in [0.4, 0.5) is 0 Å². The lowest BCUT2D eigenvalue weighted by Crippen LogP contribution is -2.20. The van der Waals surface area contributed by atoms with Crippen molar-refractivity contribution in [2.45, 2.75) is 17.5 Å². The molecule has 0 aliphatic carbocycles. The molecule has 0 amide bonds. The predicted octanol–water partition coefficient (Wildman–Crippen LogP) is 4.42. The Morgan fingerprint density at radius 1 is 1.00 bits per heavy atom. The number of hydrogen-bond donors (Lipinski definition) is 0. The van der Waals surface area contributed by atoms with Crippen LogP contribution >= 0.6 is 34.8 Å². The Morgan fingerprint density at radius 2 is 1.71 bits per heavy atom. The van der Waals surface area contributed by atoms with Gasteiger partial charge >= 0.3 is 5.97 Å². The Bertz CT molecular complexity index is 704. The molecule has 24 heavy (non-hydrogen) atoms. The average molecular weight is 388 g/mol. The van der Waals surface area contributed by atoms with Gasteiger partial charge in [-0.05, 0) is 29.3 Å². The first-order chi connectivity index (χ1) is 11.5. The van der Waals surface area contributed by atoms with E-state index >= 15 is 0 Å². The van der Waals surface area contributed by atoms with Crippen molar-refractivity contribution in [2.75, 3.05) is 0 Å². The van der Waals surface area contributed by atoms with Crippen molar-refractivity contribution in [1.29, 1.82) is 0 Å². The summed E-state index contributed by atoms with van der Waals surface area (Å²) in [5.74, 6) is -0.448. The molecule has 0 heterocycles. The highest BCUT2D eigenvalue weighted by Gasteiger charge is 2.26. The SMILES string of the molecule is O=C(O[C@@H](C(=O)Cl)c1cccc(OCc2ccccc2)c1)C(Cl)Cl. The first-order valence-electron chi connectivity index (χ1n) is 6.92. The van der Waals surface area contributed by atoms with E-state index in [9.17, 15) is 9.59 Å². The minimum Gasteiger partial charge on any atom is -0.489 e. The molecule has 0 unspecified atom stereocenters. The van der Waals surface area contributed by atoms with Gasteiger partial charge < -0.3 is 9.47 Å². The Hall–Kier alpha value is -1.75. The van der Waals surface area contributed by atoms with Crippen molar-refractivity contribution >= 4 is 46.0 Å². The maximum absolute atomic E-state index is 11.6. The second kappa shape index (κ2) is 8.92. The van der Waals surface area contributed by atoms with E-state index in [1.54, 1.807) is 24.3 Å². The number of hydrogen-bond acceptors (Lipinski definition) is 4. The standard InChI is InChI=1S/C17H13Cl3O4/c18-15(19)17(22)24-14(16(20)21)12-7-4-8-13(9-12)23-10-11-5-2-1-3-6-11/h1-9,14-15H,10H2/t14-/m1/s1. The highest BCUT2D eigenvalue weighted by atomic mass is 35.5. The van der Waals surface area contributed by atoms with Crippen LogP contribution in [0.1, 0.15) is 17.2 Å². The minimum atomic E-state index is -1.40. The molecule has 2 rings (SSSR count). The quantitative estimate of drug-likeness (QED) is 0.401. The molecule has 0 N–H and O–H groups in total. The molecule has 0 saturated heterocycles. The molecule has 0 saturated carbocycles. The number of halogens is 3. The normalized spacial score (nSPS) is 11.8. The molecule has 0 spiro atoms. The van der Waals surface area contributed by atoms with Crippen LogP contribution in [0.25, 0.3) is 0 Å². The van der Waals surface area contributed by atoms with Crippen molar-refractivity contribution in [2.24, 2.45) is 0 Å². The molecule has 0 aromatic heterocycles. The first kappa shape index (κ1) is 18.6. The molecule has 4 nitrogen and oxygen atoms in total. The third kappa shape index (κ3) is 5.41. The lowest BCUT2D eigenvalue weighted by Gasteiger charge is -2.16. The van der Waals surface area contributed by atoms with Crippen molar-refractivity contribution < 1.29 is 19.1 Å². The monoisotopic (exact) mass is 386 g/mol. The van der Waals surface area contributed by atoms with Gasteiger partial charge in [0.15, 0.2) is 0 Å². The van der Waals surface area contributed by atoms with Gasteiger partial charge in [0.2, 0.25) is 10.9 Å². The second-order valence-corrected chi connectivity index (χ2v) is 6.24. The number of alkyl halides is 2. The summed E-state index contributed by atoms with van der Waals surface area (Å²) in [6.07, 6.45) is -1.31. The van der Waals surface area contributed by atoms with Crippen LogP contribution in [0.5, 0.6) is 5.75 Å². The van der Waals surface area contributed by atoms with E-state index in [2.05, 4.69) is 0 Å². The zero-order valence-corrected chi connectivity index (χ0v) is 14.6. The fourth-order valence-electron chi connectivity index (χ4n) is 1.92. The summed E-state index contributed by atoms with van der Waals surface area (Å²) in [4.78, 5) is 21.7. The Morgan fingerprint density at radius 3 is 2.33 bits per heavy atom. The molecule has 2 aromatic rings.